The summed E-state index contributed by atoms with van der Waals surface area (Å²) in [6, 6.07) is 7.36. The smallest absolute Gasteiger partial charge is 0.248 e. The Labute approximate surface area is 86.8 Å². The van der Waals surface area contributed by atoms with Crippen LogP contribution in [-0.4, -0.2) is 17.0 Å². The molecule has 0 radical (unpaired) electrons. The van der Waals surface area contributed by atoms with Gasteiger partial charge in [0.25, 0.3) is 0 Å². The molecule has 1 atom stereocenters. The Morgan fingerprint density at radius 2 is 2.14 bits per heavy atom. The van der Waals surface area contributed by atoms with Crippen LogP contribution in [-0.2, 0) is 4.79 Å². The minimum absolute atomic E-state index is 0.224. The molecule has 1 heterocycles. The maximum atomic E-state index is 11.5. The number of alkyl halides is 1. The monoisotopic (exact) mass is 208 g/mol. The third-order valence-electron chi connectivity index (χ3n) is 2.06. The van der Waals surface area contributed by atoms with E-state index in [1.807, 2.05) is 18.2 Å². The third-order valence-corrected chi connectivity index (χ3v) is 2.57. The van der Waals surface area contributed by atoms with Gasteiger partial charge in [-0.05, 0) is 19.1 Å². The minimum Gasteiger partial charge on any atom is -0.323 e. The number of nitrogens with zero attached hydrogens (tertiary/aromatic N) is 1. The average Bonchev–Trinajstić information content (AvgIpc) is 2.28. The molecule has 0 aliphatic carbocycles. The first-order valence-electron chi connectivity index (χ1n) is 4.27. The largest absolute Gasteiger partial charge is 0.323 e. The van der Waals surface area contributed by atoms with Gasteiger partial charge in [0.1, 0.15) is 0 Å². The predicted octanol–water partition coefficient (Wildman–Crippen LogP) is 2.34. The molecule has 1 aromatic carbocycles. The molecule has 3 nitrogen and oxygen atoms in total. The lowest BCUT2D eigenvalue weighted by atomic mass is 10.3. The number of anilines is 1. The minimum atomic E-state index is -0.678. The molecular weight excluding hydrogens is 200 g/mol. The number of fused-ring (bicyclic) bond motifs is 1. The number of aliphatic imine (C=N–C) groups is 1. The molecule has 0 bridgehead atoms. The number of carbonyl (C=O) groups excluding carboxylic acids is 1. The van der Waals surface area contributed by atoms with Gasteiger partial charge in [0.2, 0.25) is 5.91 Å². The van der Waals surface area contributed by atoms with Gasteiger partial charge < -0.3 is 5.32 Å². The van der Waals surface area contributed by atoms with Crippen LogP contribution in [0.2, 0.25) is 0 Å². The van der Waals surface area contributed by atoms with E-state index in [2.05, 4.69) is 10.3 Å². The summed E-state index contributed by atoms with van der Waals surface area (Å²) in [4.78, 5) is 15.7. The summed E-state index contributed by atoms with van der Waals surface area (Å²) in [5, 5.41) is 2.04. The van der Waals surface area contributed by atoms with Crippen molar-refractivity contribution in [2.75, 3.05) is 5.32 Å². The normalized spacial score (nSPS) is 20.6. The number of hydrogen-bond donors (Lipinski definition) is 1. The van der Waals surface area contributed by atoms with E-state index in [1.54, 1.807) is 13.0 Å². The summed E-state index contributed by atoms with van der Waals surface area (Å²) < 4.78 is 0. The highest BCUT2D eigenvalue weighted by molar-refractivity contribution is 6.44. The number of benzene rings is 1. The van der Waals surface area contributed by atoms with Crippen molar-refractivity contribution in [1.82, 2.24) is 0 Å². The van der Waals surface area contributed by atoms with Crippen LogP contribution in [0.1, 0.15) is 6.92 Å². The molecule has 1 amide bonds. The maximum Gasteiger partial charge on any atom is 0.248 e. The van der Waals surface area contributed by atoms with Crippen molar-refractivity contribution in [3.05, 3.63) is 24.3 Å². The fourth-order valence-electron chi connectivity index (χ4n) is 1.31. The molecule has 14 heavy (non-hydrogen) atoms. The number of amides is 1. The van der Waals surface area contributed by atoms with Crippen molar-refractivity contribution in [3.63, 3.8) is 0 Å². The molecule has 1 N–H and O–H groups in total. The molecule has 0 saturated heterocycles. The van der Waals surface area contributed by atoms with Gasteiger partial charge in [-0.15, -0.1) is 11.6 Å². The number of para-hydroxylation sites is 2. The highest BCUT2D eigenvalue weighted by Gasteiger charge is 2.22. The molecule has 72 valence electrons. The topological polar surface area (TPSA) is 41.5 Å². The Morgan fingerprint density at radius 3 is 2.93 bits per heavy atom. The Balaban J connectivity index is 2.53. The summed E-state index contributed by atoms with van der Waals surface area (Å²) in [5.74, 6) is -0.224. The van der Waals surface area contributed by atoms with Gasteiger partial charge in [-0.1, -0.05) is 12.1 Å². The van der Waals surface area contributed by atoms with E-state index in [4.69, 9.17) is 11.6 Å². The van der Waals surface area contributed by atoms with E-state index in [0.29, 0.717) is 11.4 Å². The SMILES string of the molecule is CC1=Nc2ccccc2NC(=O)[C@@H]1Cl. The lowest BCUT2D eigenvalue weighted by Gasteiger charge is -2.05. The summed E-state index contributed by atoms with van der Waals surface area (Å²) in [7, 11) is 0. The van der Waals surface area contributed by atoms with Crippen molar-refractivity contribution in [2.45, 2.75) is 12.3 Å². The van der Waals surface area contributed by atoms with Gasteiger partial charge in [-0.25, -0.2) is 0 Å². The standard InChI is InChI=1S/C10H9ClN2O/c1-6-9(11)10(14)13-8-5-3-2-4-7(8)12-6/h2-5,9H,1H3,(H,13,14)/t9-/m1/s1. The second kappa shape index (κ2) is 3.42. The van der Waals surface area contributed by atoms with E-state index in [0.717, 1.165) is 5.69 Å². The van der Waals surface area contributed by atoms with Gasteiger partial charge in [-0.2, -0.15) is 0 Å². The van der Waals surface area contributed by atoms with Crippen LogP contribution >= 0.6 is 11.6 Å². The molecule has 1 aliphatic rings. The van der Waals surface area contributed by atoms with Gasteiger partial charge >= 0.3 is 0 Å². The summed E-state index contributed by atoms with van der Waals surface area (Å²) in [6.45, 7) is 1.75. The average molecular weight is 209 g/mol. The highest BCUT2D eigenvalue weighted by Crippen LogP contribution is 2.28. The fourth-order valence-corrected chi connectivity index (χ4v) is 1.41. The molecule has 0 spiro atoms. The van der Waals surface area contributed by atoms with Gasteiger partial charge in [0.05, 0.1) is 11.4 Å². The maximum absolute atomic E-state index is 11.5. The van der Waals surface area contributed by atoms with Crippen molar-refractivity contribution < 1.29 is 4.79 Å². The van der Waals surface area contributed by atoms with E-state index in [1.165, 1.54) is 0 Å². The first kappa shape index (κ1) is 9.21. The first-order chi connectivity index (χ1) is 6.68. The van der Waals surface area contributed by atoms with Crippen LogP contribution < -0.4 is 5.32 Å². The molecule has 1 aliphatic heterocycles. The Hall–Kier alpha value is -1.35. The van der Waals surface area contributed by atoms with Crippen molar-refractivity contribution >= 4 is 34.6 Å². The van der Waals surface area contributed by atoms with Crippen LogP contribution in [0.15, 0.2) is 29.3 Å². The van der Waals surface area contributed by atoms with Crippen LogP contribution in [0.25, 0.3) is 0 Å². The molecule has 1 aromatic rings. The second-order valence-electron chi connectivity index (χ2n) is 3.12. The summed E-state index contributed by atoms with van der Waals surface area (Å²) in [6.07, 6.45) is 0. The van der Waals surface area contributed by atoms with Crippen LogP contribution in [0, 0.1) is 0 Å². The Kier molecular flexibility index (Phi) is 2.25. The van der Waals surface area contributed by atoms with E-state index in [9.17, 15) is 4.79 Å². The Morgan fingerprint density at radius 1 is 1.43 bits per heavy atom. The molecule has 0 unspecified atom stereocenters. The molecule has 0 aromatic heterocycles. The zero-order chi connectivity index (χ0) is 10.1. The van der Waals surface area contributed by atoms with Gasteiger partial charge in [-0.3, -0.25) is 9.79 Å². The Bertz CT molecular complexity index is 414. The second-order valence-corrected chi connectivity index (χ2v) is 3.56. The number of nitrogens with one attached hydrogen (secondary N) is 1. The molecule has 0 saturated carbocycles. The molecule has 4 heteroatoms. The van der Waals surface area contributed by atoms with Crippen LogP contribution in [0.5, 0.6) is 0 Å². The first-order valence-corrected chi connectivity index (χ1v) is 4.71. The predicted molar refractivity (Wildman–Crippen MR) is 57.5 cm³/mol. The van der Waals surface area contributed by atoms with Crippen molar-refractivity contribution in [3.8, 4) is 0 Å². The zero-order valence-corrected chi connectivity index (χ0v) is 8.38. The third kappa shape index (κ3) is 1.51. The number of halogens is 1. The van der Waals surface area contributed by atoms with Crippen molar-refractivity contribution in [1.29, 1.82) is 0 Å². The van der Waals surface area contributed by atoms with Crippen LogP contribution in [0.3, 0.4) is 0 Å². The quantitative estimate of drug-likeness (QED) is 0.654. The van der Waals surface area contributed by atoms with E-state index in [-0.39, 0.29) is 5.91 Å². The molecule has 0 fully saturated rings. The zero-order valence-electron chi connectivity index (χ0n) is 7.62. The highest BCUT2D eigenvalue weighted by atomic mass is 35.5. The lowest BCUT2D eigenvalue weighted by Crippen LogP contribution is -2.27. The number of hydrogen-bond acceptors (Lipinski definition) is 2. The summed E-state index contributed by atoms with van der Waals surface area (Å²) in [5.41, 5.74) is 2.08. The lowest BCUT2D eigenvalue weighted by molar-refractivity contribution is -0.114. The van der Waals surface area contributed by atoms with Crippen molar-refractivity contribution in [2.24, 2.45) is 4.99 Å². The molecular formula is C10H9ClN2O. The van der Waals surface area contributed by atoms with Gasteiger partial charge in [0.15, 0.2) is 5.38 Å². The number of carbonyl (C=O) groups is 1. The van der Waals surface area contributed by atoms with E-state index >= 15 is 0 Å². The molecule has 2 rings (SSSR count). The fraction of sp³-hybridized carbons (Fsp3) is 0.200. The summed E-state index contributed by atoms with van der Waals surface area (Å²) >= 11 is 5.87. The number of rotatable bonds is 0. The van der Waals surface area contributed by atoms with E-state index < -0.39 is 5.38 Å². The van der Waals surface area contributed by atoms with Gasteiger partial charge in [0, 0.05) is 5.71 Å². The van der Waals surface area contributed by atoms with Crippen LogP contribution in [0.4, 0.5) is 11.4 Å².